The quantitative estimate of drug-likeness (QED) is 0.390. The van der Waals surface area contributed by atoms with Gasteiger partial charge in [-0.3, -0.25) is 20.0 Å². The molecule has 3 aliphatic carbocycles. The maximum Gasteiger partial charge on any atom is 0.196 e. The summed E-state index contributed by atoms with van der Waals surface area (Å²) in [5.74, 6) is 0.152. The largest absolute Gasteiger partial charge is 0.508 e. The second-order valence-corrected chi connectivity index (χ2v) is 8.25. The molecule has 0 atom stereocenters. The normalized spacial score (nSPS) is 16.1. The molecule has 0 radical (unpaired) electrons. The predicted octanol–water partition coefficient (Wildman–Crippen LogP) is 3.03. The lowest BCUT2D eigenvalue weighted by molar-refractivity contribution is 0.437. The summed E-state index contributed by atoms with van der Waals surface area (Å²) in [7, 11) is 0. The van der Waals surface area contributed by atoms with Gasteiger partial charge in [-0.25, -0.2) is 0 Å². The van der Waals surface area contributed by atoms with Crippen molar-refractivity contribution in [1.29, 1.82) is 0 Å². The molecule has 2 N–H and O–H groups in total. The summed E-state index contributed by atoms with van der Waals surface area (Å²) in [6, 6.07) is 17.1. The van der Waals surface area contributed by atoms with E-state index in [0.29, 0.717) is 32.4 Å². The number of nitrogens with one attached hydrogen (secondary N) is 1. The molecule has 3 aliphatic rings. The predicted molar refractivity (Wildman–Crippen MR) is 124 cm³/mol. The van der Waals surface area contributed by atoms with Gasteiger partial charge in [0.15, 0.2) is 10.9 Å². The summed E-state index contributed by atoms with van der Waals surface area (Å²) >= 11 is 0. The second-order valence-electron chi connectivity index (χ2n) is 8.25. The first-order chi connectivity index (χ1) is 15.6. The van der Waals surface area contributed by atoms with Crippen LogP contribution in [0.15, 0.2) is 80.3 Å². The molecule has 0 aliphatic heterocycles. The smallest absolute Gasteiger partial charge is 0.196 e. The number of hydrogen-bond acceptors (Lipinski definition) is 6. The van der Waals surface area contributed by atoms with Crippen molar-refractivity contribution in [2.45, 2.75) is 38.1 Å². The van der Waals surface area contributed by atoms with Crippen LogP contribution in [0, 0.1) is 10.4 Å². The molecule has 2 aromatic carbocycles. The fraction of sp³-hybridized carbons (Fsp3) is 0.231. The molecule has 0 saturated heterocycles. The highest BCUT2D eigenvalue weighted by Gasteiger charge is 2.14. The molecular weight excluding hydrogens is 402 g/mol. The lowest BCUT2D eigenvalue weighted by Gasteiger charge is -2.17. The van der Waals surface area contributed by atoms with Crippen molar-refractivity contribution in [3.05, 3.63) is 102 Å². The lowest BCUT2D eigenvalue weighted by atomic mass is 9.96. The van der Waals surface area contributed by atoms with Crippen LogP contribution in [0.5, 0.6) is 5.75 Å². The SMILES string of the molecule is O=c1c2c(=NC3CCCCC3)cc/c(=N\Nc3ccc(O)cc3)c=2c(=O)c2ccccc12. The van der Waals surface area contributed by atoms with Gasteiger partial charge in [0.2, 0.25) is 0 Å². The number of benzene rings is 2. The van der Waals surface area contributed by atoms with Gasteiger partial charge in [0.25, 0.3) is 0 Å². The fourth-order valence-corrected chi connectivity index (χ4v) is 4.46. The molecule has 0 aromatic heterocycles. The van der Waals surface area contributed by atoms with Crippen LogP contribution in [-0.4, -0.2) is 11.1 Å². The molecule has 0 unspecified atom stereocenters. The van der Waals surface area contributed by atoms with Crippen molar-refractivity contribution >= 4 is 16.5 Å². The van der Waals surface area contributed by atoms with Gasteiger partial charge in [-0.05, 0) is 49.2 Å². The third kappa shape index (κ3) is 3.68. The standard InChI is InChI=1S/C26H23N3O3/c30-18-12-10-17(11-13-18)28-29-22-15-14-21(27-16-6-2-1-3-7-16)23-24(22)26(32)20-9-5-4-8-19(20)25(23)31/h4-5,8-16,28,30H,1-3,6-7H2/b27-21?,29-22+. The zero-order chi connectivity index (χ0) is 22.1. The number of anilines is 1. The number of nitrogens with zero attached hydrogens (tertiary/aromatic N) is 2. The number of phenolic OH excluding ortho intramolecular Hbond substituents is 1. The highest BCUT2D eigenvalue weighted by molar-refractivity contribution is 5.82. The van der Waals surface area contributed by atoms with E-state index in [-0.39, 0.29) is 27.9 Å². The van der Waals surface area contributed by atoms with Crippen LogP contribution in [0.25, 0.3) is 10.8 Å². The van der Waals surface area contributed by atoms with Gasteiger partial charge in [-0.15, -0.1) is 0 Å². The summed E-state index contributed by atoms with van der Waals surface area (Å²) in [6.45, 7) is 0. The van der Waals surface area contributed by atoms with Crippen molar-refractivity contribution in [3.8, 4) is 5.75 Å². The minimum atomic E-state index is -0.220. The van der Waals surface area contributed by atoms with E-state index < -0.39 is 0 Å². The van der Waals surface area contributed by atoms with Gasteiger partial charge in [-0.2, -0.15) is 5.10 Å². The Kier molecular flexibility index (Phi) is 5.27. The van der Waals surface area contributed by atoms with Crippen molar-refractivity contribution in [2.75, 3.05) is 5.43 Å². The Hall–Kier alpha value is -3.80. The molecule has 0 heterocycles. The Morgan fingerprint density at radius 2 is 1.34 bits per heavy atom. The summed E-state index contributed by atoms with van der Waals surface area (Å²) in [6.07, 6.45) is 5.49. The zero-order valence-electron chi connectivity index (χ0n) is 17.5. The number of phenols is 1. The molecule has 2 aromatic rings. The van der Waals surface area contributed by atoms with E-state index in [2.05, 4.69) is 10.5 Å². The molecular formula is C26H23N3O3. The van der Waals surface area contributed by atoms with Crippen LogP contribution < -0.4 is 27.0 Å². The molecule has 0 amide bonds. The van der Waals surface area contributed by atoms with Crippen molar-refractivity contribution in [2.24, 2.45) is 10.1 Å². The van der Waals surface area contributed by atoms with Gasteiger partial charge in [-0.1, -0.05) is 43.5 Å². The molecule has 1 fully saturated rings. The van der Waals surface area contributed by atoms with E-state index in [1.165, 1.54) is 6.42 Å². The van der Waals surface area contributed by atoms with Crippen LogP contribution in [0.1, 0.15) is 32.1 Å². The Balaban J connectivity index is 1.82. The number of aromatic hydroxyl groups is 1. The third-order valence-electron chi connectivity index (χ3n) is 6.10. The van der Waals surface area contributed by atoms with E-state index in [0.717, 1.165) is 25.7 Å². The van der Waals surface area contributed by atoms with Crippen molar-refractivity contribution in [3.63, 3.8) is 0 Å². The Bertz CT molecular complexity index is 1580. The van der Waals surface area contributed by atoms with Gasteiger partial charge in [0.05, 0.1) is 32.9 Å². The van der Waals surface area contributed by atoms with E-state index in [9.17, 15) is 14.7 Å². The Labute approximate surface area is 183 Å². The van der Waals surface area contributed by atoms with Gasteiger partial charge in [0, 0.05) is 10.8 Å². The maximum absolute atomic E-state index is 13.5. The molecule has 6 heteroatoms. The monoisotopic (exact) mass is 425 g/mol. The van der Waals surface area contributed by atoms with E-state index in [1.54, 1.807) is 60.7 Å². The van der Waals surface area contributed by atoms with Gasteiger partial charge >= 0.3 is 0 Å². The Morgan fingerprint density at radius 3 is 2.00 bits per heavy atom. The number of hydrogen-bond donors (Lipinski definition) is 2. The molecule has 160 valence electrons. The summed E-state index contributed by atoms with van der Waals surface area (Å²) in [5.41, 5.74) is 3.16. The minimum Gasteiger partial charge on any atom is -0.508 e. The van der Waals surface area contributed by atoms with Crippen LogP contribution in [0.4, 0.5) is 5.69 Å². The third-order valence-corrected chi connectivity index (χ3v) is 6.10. The highest BCUT2D eigenvalue weighted by atomic mass is 16.3. The fourth-order valence-electron chi connectivity index (χ4n) is 4.46. The zero-order valence-corrected chi connectivity index (χ0v) is 17.5. The minimum absolute atomic E-state index is 0.152. The van der Waals surface area contributed by atoms with Crippen LogP contribution in [0.3, 0.4) is 0 Å². The summed E-state index contributed by atoms with van der Waals surface area (Å²) in [5, 5.41) is 16.3. The number of rotatable bonds is 3. The van der Waals surface area contributed by atoms with Crippen LogP contribution >= 0.6 is 0 Å². The Morgan fingerprint density at radius 1 is 0.750 bits per heavy atom. The van der Waals surface area contributed by atoms with Gasteiger partial charge < -0.3 is 5.11 Å². The molecule has 0 bridgehead atoms. The van der Waals surface area contributed by atoms with E-state index in [4.69, 9.17) is 4.99 Å². The van der Waals surface area contributed by atoms with Gasteiger partial charge in [0.1, 0.15) is 5.75 Å². The maximum atomic E-state index is 13.5. The van der Waals surface area contributed by atoms with Crippen LogP contribution in [0.2, 0.25) is 0 Å². The second kappa shape index (κ2) is 8.38. The first kappa shape index (κ1) is 20.1. The molecule has 5 rings (SSSR count). The van der Waals surface area contributed by atoms with E-state index in [1.807, 2.05) is 0 Å². The summed E-state index contributed by atoms with van der Waals surface area (Å²) < 4.78 is 0. The van der Waals surface area contributed by atoms with Crippen molar-refractivity contribution < 1.29 is 5.11 Å². The van der Waals surface area contributed by atoms with E-state index >= 15 is 0 Å². The first-order valence-electron chi connectivity index (χ1n) is 10.9. The molecule has 32 heavy (non-hydrogen) atoms. The number of fused-ring (bicyclic) bond motifs is 1. The molecule has 1 saturated carbocycles. The van der Waals surface area contributed by atoms with Crippen molar-refractivity contribution in [1.82, 2.24) is 0 Å². The molecule has 0 spiro atoms. The first-order valence-corrected chi connectivity index (χ1v) is 10.9. The molecule has 6 nitrogen and oxygen atoms in total. The average molecular weight is 425 g/mol. The highest BCUT2D eigenvalue weighted by Crippen LogP contribution is 2.19. The topological polar surface area (TPSA) is 91.1 Å². The lowest BCUT2D eigenvalue weighted by Crippen LogP contribution is -2.30. The average Bonchev–Trinajstić information content (AvgIpc) is 2.83. The summed E-state index contributed by atoms with van der Waals surface area (Å²) in [4.78, 5) is 31.8. The van der Waals surface area contributed by atoms with Crippen LogP contribution in [-0.2, 0) is 0 Å².